The summed E-state index contributed by atoms with van der Waals surface area (Å²) in [6.45, 7) is 4.20. The van der Waals surface area contributed by atoms with E-state index in [-0.39, 0.29) is 25.7 Å². The van der Waals surface area contributed by atoms with E-state index in [2.05, 4.69) is 144 Å². The topological polar surface area (TPSA) is 76.6 Å². The fourth-order valence-electron chi connectivity index (χ4n) is 8.84. The maximum atomic E-state index is 12.2. The Balaban J connectivity index is 1.04. The molecule has 2 unspecified atom stereocenters. The van der Waals surface area contributed by atoms with Gasteiger partial charge in [-0.15, -0.1) is 0 Å². The van der Waals surface area contributed by atoms with Gasteiger partial charge in [-0.3, -0.25) is 0 Å². The summed E-state index contributed by atoms with van der Waals surface area (Å²) < 4.78 is 16.5. The Morgan fingerprint density at radius 1 is 0.483 bits per heavy atom. The van der Waals surface area contributed by atoms with Crippen LogP contribution in [0.2, 0.25) is 0 Å². The van der Waals surface area contributed by atoms with Gasteiger partial charge in [0.2, 0.25) is 0 Å². The van der Waals surface area contributed by atoms with Crippen molar-refractivity contribution >= 4 is 57.9 Å². The summed E-state index contributed by atoms with van der Waals surface area (Å²) >= 11 is -1.13. The van der Waals surface area contributed by atoms with Crippen molar-refractivity contribution in [3.63, 3.8) is 0 Å². The Kier molecular flexibility index (Phi) is 8.76. The quantitative estimate of drug-likeness (QED) is 0.174. The third-order valence-electron chi connectivity index (χ3n) is 11.4. The Hall–Kier alpha value is -5.34. The number of para-hydroxylation sites is 4. The molecule has 284 valence electrons. The van der Waals surface area contributed by atoms with Crippen LogP contribution < -0.4 is 0 Å². The normalized spacial score (nSPS) is 15.7. The molecule has 0 fully saturated rings. The van der Waals surface area contributed by atoms with Gasteiger partial charge in [0.25, 0.3) is 0 Å². The van der Waals surface area contributed by atoms with Gasteiger partial charge in [-0.05, 0) is 0 Å². The van der Waals surface area contributed by atoms with Crippen molar-refractivity contribution in [1.82, 2.24) is 9.13 Å². The van der Waals surface area contributed by atoms with Gasteiger partial charge in [-0.1, -0.05) is 0 Å². The second-order valence-electron chi connectivity index (χ2n) is 15.0. The summed E-state index contributed by atoms with van der Waals surface area (Å²) in [5, 5.41) is 29.1. The standard InChI is InChI=1S/C49H38N2O4S2.Zr/c1-30-22-36(48(52)44(24-30)50-40-16-7-3-12-32(40)33-13-4-8-17-41(33)50)38-26-54-28-46(38)56-20-11-21-57-47-29-55-27-39(47)37-23-31(2)25-45(49(37)53)51-42-18-9-5-14-34(42)35-15-6-10-19-43(35)51;/h3-10,12-19,22-29,52-53H,11,20-21H2,1-2H3;. The van der Waals surface area contributed by atoms with Gasteiger partial charge in [0, 0.05) is 0 Å². The second-order valence-corrected chi connectivity index (χ2v) is 29.9. The van der Waals surface area contributed by atoms with Gasteiger partial charge in [0.15, 0.2) is 0 Å². The number of nitrogens with zero attached hydrogens (tertiary/aromatic N) is 2. The van der Waals surface area contributed by atoms with Gasteiger partial charge in [-0.25, -0.2) is 0 Å². The number of benzene rings is 6. The minimum absolute atomic E-state index is 0.0214. The first-order valence-electron chi connectivity index (χ1n) is 19.4. The van der Waals surface area contributed by atoms with Crippen molar-refractivity contribution in [2.75, 3.05) is 11.5 Å². The van der Waals surface area contributed by atoms with Crippen LogP contribution >= 0.6 is 14.2 Å². The van der Waals surface area contributed by atoms with E-state index in [1.54, 1.807) is 0 Å². The molecule has 4 aromatic heterocycles. The number of fused-ring (bicyclic) bond motifs is 6. The number of phenols is 2. The third kappa shape index (κ3) is 5.65. The summed E-state index contributed by atoms with van der Waals surface area (Å²) in [4.78, 5) is 2.44. The number of hydrogen-bond acceptors (Lipinski definition) is 4. The monoisotopic (exact) mass is 872 g/mol. The summed E-state index contributed by atoms with van der Waals surface area (Å²) in [6.07, 6.45) is 8.65. The van der Waals surface area contributed by atoms with Gasteiger partial charge < -0.3 is 0 Å². The number of furan rings is 2. The summed E-state index contributed by atoms with van der Waals surface area (Å²) in [6, 6.07) is 42.0. The number of hydrogen-bond donors (Lipinski definition) is 2. The van der Waals surface area contributed by atoms with E-state index >= 15 is 0 Å². The SMILES string of the molecule is Cc1cc(-c2cocc2[S]2=[Zr]=[S](c3cocc3-c3cc(C)cc(-n4c5ccccc5c5ccccc54)c3O)CCC2)c(O)c(-n2c3ccccc3c3ccccc32)c1. The molecule has 11 rings (SSSR count). The molecular formula is C49H38N2O4S2Zr. The van der Waals surface area contributed by atoms with E-state index in [9.17, 15) is 10.2 Å². The summed E-state index contributed by atoms with van der Waals surface area (Å²) in [7, 11) is 0.0428. The molecule has 0 saturated carbocycles. The van der Waals surface area contributed by atoms with Gasteiger partial charge in [0.1, 0.15) is 0 Å². The van der Waals surface area contributed by atoms with E-state index < -0.39 is 19.2 Å². The molecule has 58 heavy (non-hydrogen) atoms. The number of phenolic OH excluding ortho intramolecular Hbond substituents is 2. The van der Waals surface area contributed by atoms with Crippen molar-refractivity contribution in [3.05, 3.63) is 158 Å². The first-order valence-corrected chi connectivity index (χ1v) is 28.2. The Labute approximate surface area is 346 Å². The predicted molar refractivity (Wildman–Crippen MR) is 236 cm³/mol. The number of aryl methyl sites for hydroxylation is 2. The molecule has 2 atom stereocenters. The van der Waals surface area contributed by atoms with E-state index in [1.807, 2.05) is 25.1 Å². The van der Waals surface area contributed by atoms with Crippen molar-refractivity contribution in [2.45, 2.75) is 30.1 Å². The van der Waals surface area contributed by atoms with Crippen LogP contribution in [0.15, 0.2) is 165 Å². The number of aromatic nitrogens is 2. The molecule has 0 amide bonds. The van der Waals surface area contributed by atoms with Crippen LogP contribution in [0.1, 0.15) is 17.5 Å². The van der Waals surface area contributed by atoms with Crippen molar-refractivity contribution < 1.29 is 38.2 Å². The van der Waals surface area contributed by atoms with Crippen LogP contribution in [0.25, 0.3) is 77.2 Å². The summed E-state index contributed by atoms with van der Waals surface area (Å²) in [5.74, 6) is 2.76. The average molecular weight is 874 g/mol. The molecule has 1 aliphatic rings. The van der Waals surface area contributed by atoms with Crippen molar-refractivity contribution in [2.24, 2.45) is 0 Å². The Morgan fingerprint density at radius 3 is 1.22 bits per heavy atom. The zero-order valence-corrected chi connectivity index (χ0v) is 36.0. The van der Waals surface area contributed by atoms with Gasteiger partial charge >= 0.3 is 349 Å². The second kappa shape index (κ2) is 14.2. The molecular weight excluding hydrogens is 836 g/mol. The van der Waals surface area contributed by atoms with E-state index in [0.717, 1.165) is 106 Å². The maximum absolute atomic E-state index is 12.2. The molecule has 0 spiro atoms. The van der Waals surface area contributed by atoms with Gasteiger partial charge in [0.05, 0.1) is 0 Å². The molecule has 0 bridgehead atoms. The van der Waals surface area contributed by atoms with Crippen LogP contribution in [0.3, 0.4) is 0 Å². The zero-order valence-electron chi connectivity index (χ0n) is 31.9. The van der Waals surface area contributed by atoms with Crippen molar-refractivity contribution in [3.8, 4) is 45.1 Å². The molecule has 9 heteroatoms. The molecule has 6 aromatic carbocycles. The Morgan fingerprint density at radius 2 is 0.845 bits per heavy atom. The first-order chi connectivity index (χ1) is 28.4. The van der Waals surface area contributed by atoms with E-state index in [1.165, 1.54) is 9.79 Å². The van der Waals surface area contributed by atoms with Crippen LogP contribution in [0.4, 0.5) is 0 Å². The van der Waals surface area contributed by atoms with E-state index in [4.69, 9.17) is 8.83 Å². The number of aromatic hydroxyl groups is 2. The predicted octanol–water partition coefficient (Wildman–Crippen LogP) is 13.7. The molecule has 1 aliphatic heterocycles. The number of rotatable bonds is 6. The van der Waals surface area contributed by atoms with Crippen molar-refractivity contribution in [1.29, 1.82) is 0 Å². The molecule has 10 aromatic rings. The molecule has 2 N–H and O–H groups in total. The van der Waals surface area contributed by atoms with Crippen LogP contribution in [0.5, 0.6) is 11.5 Å². The average Bonchev–Trinajstić information content (AvgIpc) is 4.06. The molecule has 0 aliphatic carbocycles. The zero-order chi connectivity index (χ0) is 39.1. The third-order valence-corrected chi connectivity index (χ3v) is 31.2. The first kappa shape index (κ1) is 35.8. The van der Waals surface area contributed by atoms with E-state index in [0.29, 0.717) is 0 Å². The fraction of sp³-hybridized carbons (Fsp3) is 0.102. The van der Waals surface area contributed by atoms with Crippen LogP contribution in [-0.2, 0) is 19.2 Å². The van der Waals surface area contributed by atoms with Crippen LogP contribution in [0, 0.1) is 13.8 Å². The fourth-order valence-corrected chi connectivity index (χ4v) is 31.4. The summed E-state index contributed by atoms with van der Waals surface area (Å²) in [5.41, 5.74) is 11.5. The molecule has 6 nitrogen and oxygen atoms in total. The Bertz CT molecular complexity index is 3050. The minimum atomic E-state index is -1.13. The molecule has 5 heterocycles. The van der Waals surface area contributed by atoms with Crippen LogP contribution in [-0.4, -0.2) is 30.9 Å². The molecule has 0 radical (unpaired) electrons. The molecule has 0 saturated heterocycles. The van der Waals surface area contributed by atoms with Gasteiger partial charge in [-0.2, -0.15) is 0 Å².